The van der Waals surface area contributed by atoms with Crippen LogP contribution in [0.15, 0.2) is 34.8 Å². The number of nitrogens with zero attached hydrogens (tertiary/aromatic N) is 1. The molecule has 0 saturated heterocycles. The summed E-state index contributed by atoms with van der Waals surface area (Å²) in [5.41, 5.74) is 2.20. The van der Waals surface area contributed by atoms with E-state index < -0.39 is 0 Å². The fraction of sp³-hybridized carbons (Fsp3) is 0.375. The number of halogens is 1. The Hall–Kier alpha value is -1.00. The highest BCUT2D eigenvalue weighted by atomic mass is 79.9. The maximum atomic E-state index is 5.36. The standard InChI is InChI=1S/C16H19BrN2S/c1-4-16(5-2,12-9-7-6-8-10-12)15-18-11(3)13(17)14(20)19-15/h6-10H,4-5H2,1-3H3,(H,18,19,20). The molecule has 0 unspecified atom stereocenters. The van der Waals surface area contributed by atoms with E-state index in [4.69, 9.17) is 12.2 Å². The molecule has 1 heterocycles. The highest BCUT2D eigenvalue weighted by Gasteiger charge is 2.33. The molecule has 0 saturated carbocycles. The van der Waals surface area contributed by atoms with Gasteiger partial charge in [-0.3, -0.25) is 0 Å². The van der Waals surface area contributed by atoms with Gasteiger partial charge in [-0.15, -0.1) is 0 Å². The molecular formula is C16H19BrN2S. The average Bonchev–Trinajstić information content (AvgIpc) is 2.47. The van der Waals surface area contributed by atoms with Gasteiger partial charge in [0.1, 0.15) is 10.5 Å². The predicted molar refractivity (Wildman–Crippen MR) is 89.7 cm³/mol. The van der Waals surface area contributed by atoms with Gasteiger partial charge in [0.15, 0.2) is 0 Å². The summed E-state index contributed by atoms with van der Waals surface area (Å²) in [6.07, 6.45) is 1.96. The van der Waals surface area contributed by atoms with Gasteiger partial charge in [0.2, 0.25) is 0 Å². The Kier molecular flexibility index (Phi) is 4.76. The molecule has 4 heteroatoms. The number of aromatic nitrogens is 2. The van der Waals surface area contributed by atoms with Crippen LogP contribution in [0.4, 0.5) is 0 Å². The topological polar surface area (TPSA) is 28.7 Å². The van der Waals surface area contributed by atoms with Crippen molar-refractivity contribution >= 4 is 28.1 Å². The number of benzene rings is 1. The molecule has 20 heavy (non-hydrogen) atoms. The van der Waals surface area contributed by atoms with Crippen LogP contribution in [0.1, 0.15) is 43.8 Å². The van der Waals surface area contributed by atoms with Gasteiger partial charge in [0, 0.05) is 5.69 Å². The van der Waals surface area contributed by atoms with E-state index in [1.165, 1.54) is 5.56 Å². The zero-order chi connectivity index (χ0) is 14.8. The summed E-state index contributed by atoms with van der Waals surface area (Å²) >= 11 is 8.85. The first-order valence-electron chi connectivity index (χ1n) is 6.87. The van der Waals surface area contributed by atoms with Crippen LogP contribution < -0.4 is 0 Å². The van der Waals surface area contributed by atoms with Gasteiger partial charge < -0.3 is 4.98 Å². The molecule has 2 nitrogen and oxygen atoms in total. The molecule has 0 bridgehead atoms. The molecule has 1 aromatic carbocycles. The largest absolute Gasteiger partial charge is 0.346 e. The maximum absolute atomic E-state index is 5.36. The minimum Gasteiger partial charge on any atom is -0.346 e. The quantitative estimate of drug-likeness (QED) is 0.756. The van der Waals surface area contributed by atoms with Crippen molar-refractivity contribution in [2.45, 2.75) is 39.0 Å². The third kappa shape index (κ3) is 2.59. The molecule has 0 aliphatic carbocycles. The monoisotopic (exact) mass is 350 g/mol. The van der Waals surface area contributed by atoms with Crippen molar-refractivity contribution in [2.24, 2.45) is 0 Å². The number of hydrogen-bond donors (Lipinski definition) is 1. The first kappa shape index (κ1) is 15.4. The number of hydrogen-bond acceptors (Lipinski definition) is 2. The summed E-state index contributed by atoms with van der Waals surface area (Å²) in [6.45, 7) is 6.42. The first-order valence-corrected chi connectivity index (χ1v) is 8.07. The van der Waals surface area contributed by atoms with Gasteiger partial charge >= 0.3 is 0 Å². The summed E-state index contributed by atoms with van der Waals surface area (Å²) in [6, 6.07) is 10.5. The number of aromatic amines is 1. The van der Waals surface area contributed by atoms with Crippen LogP contribution in [0, 0.1) is 11.6 Å². The van der Waals surface area contributed by atoms with E-state index >= 15 is 0 Å². The van der Waals surface area contributed by atoms with Gasteiger partial charge in [-0.1, -0.05) is 56.4 Å². The molecule has 0 amide bonds. The van der Waals surface area contributed by atoms with E-state index in [1.807, 2.05) is 13.0 Å². The lowest BCUT2D eigenvalue weighted by Gasteiger charge is -2.31. The lowest BCUT2D eigenvalue weighted by molar-refractivity contribution is 0.447. The lowest BCUT2D eigenvalue weighted by Crippen LogP contribution is -2.29. The summed E-state index contributed by atoms with van der Waals surface area (Å²) in [5.74, 6) is 0.958. The third-order valence-electron chi connectivity index (χ3n) is 4.02. The van der Waals surface area contributed by atoms with Crippen LogP contribution in [0.3, 0.4) is 0 Å². The van der Waals surface area contributed by atoms with Gasteiger partial charge in [-0.05, 0) is 41.3 Å². The molecule has 2 rings (SSSR count). The van der Waals surface area contributed by atoms with E-state index in [1.54, 1.807) is 0 Å². The van der Waals surface area contributed by atoms with E-state index in [2.05, 4.69) is 64.0 Å². The highest BCUT2D eigenvalue weighted by molar-refractivity contribution is 9.10. The predicted octanol–water partition coefficient (Wildman–Crippen LogP) is 5.32. The zero-order valence-corrected chi connectivity index (χ0v) is 14.4. The molecule has 0 spiro atoms. The van der Waals surface area contributed by atoms with Crippen LogP contribution in [-0.2, 0) is 5.41 Å². The van der Waals surface area contributed by atoms with E-state index in [9.17, 15) is 0 Å². The van der Waals surface area contributed by atoms with Crippen molar-refractivity contribution in [1.29, 1.82) is 0 Å². The zero-order valence-electron chi connectivity index (χ0n) is 12.0. The SMILES string of the molecule is CCC(CC)(c1ccccc1)c1nc(=S)c(Br)c(C)[nH]1. The molecule has 106 valence electrons. The van der Waals surface area contributed by atoms with E-state index in [-0.39, 0.29) is 5.41 Å². The van der Waals surface area contributed by atoms with Crippen molar-refractivity contribution in [3.63, 3.8) is 0 Å². The molecule has 0 fully saturated rings. The van der Waals surface area contributed by atoms with Crippen molar-refractivity contribution < 1.29 is 0 Å². The molecule has 1 N–H and O–H groups in total. The van der Waals surface area contributed by atoms with Gasteiger partial charge in [-0.25, -0.2) is 4.98 Å². The number of H-pyrrole nitrogens is 1. The van der Waals surface area contributed by atoms with Gasteiger partial charge in [-0.2, -0.15) is 0 Å². The second kappa shape index (κ2) is 6.19. The molecule has 0 radical (unpaired) electrons. The van der Waals surface area contributed by atoms with Crippen molar-refractivity contribution in [2.75, 3.05) is 0 Å². The van der Waals surface area contributed by atoms with Gasteiger partial charge in [0.05, 0.1) is 9.89 Å². The van der Waals surface area contributed by atoms with Crippen LogP contribution in [0.5, 0.6) is 0 Å². The summed E-state index contributed by atoms with van der Waals surface area (Å²) in [5, 5.41) is 0. The van der Waals surface area contributed by atoms with Crippen LogP contribution in [-0.4, -0.2) is 9.97 Å². The summed E-state index contributed by atoms with van der Waals surface area (Å²) in [4.78, 5) is 8.07. The Bertz CT molecular complexity index is 645. The normalized spacial score (nSPS) is 11.6. The summed E-state index contributed by atoms with van der Waals surface area (Å²) < 4.78 is 1.50. The maximum Gasteiger partial charge on any atom is 0.144 e. The molecule has 0 aliphatic heterocycles. The Morgan fingerprint density at radius 3 is 2.30 bits per heavy atom. The fourth-order valence-corrected chi connectivity index (χ4v) is 3.12. The Balaban J connectivity index is 2.69. The summed E-state index contributed by atoms with van der Waals surface area (Å²) in [7, 11) is 0. The molecule has 0 aliphatic rings. The number of aryl methyl sites for hydroxylation is 1. The minimum absolute atomic E-state index is 0.111. The smallest absolute Gasteiger partial charge is 0.144 e. The van der Waals surface area contributed by atoms with E-state index in [0.717, 1.165) is 28.8 Å². The molecule has 0 atom stereocenters. The molecule has 1 aromatic heterocycles. The molecule has 2 aromatic rings. The number of nitrogens with one attached hydrogen (secondary N) is 1. The lowest BCUT2D eigenvalue weighted by atomic mass is 9.75. The Morgan fingerprint density at radius 2 is 1.80 bits per heavy atom. The first-order chi connectivity index (χ1) is 9.55. The minimum atomic E-state index is -0.111. The van der Waals surface area contributed by atoms with Crippen LogP contribution >= 0.6 is 28.1 Å². The van der Waals surface area contributed by atoms with Crippen LogP contribution in [0.25, 0.3) is 0 Å². The van der Waals surface area contributed by atoms with Gasteiger partial charge in [0.25, 0.3) is 0 Å². The average molecular weight is 351 g/mol. The van der Waals surface area contributed by atoms with Crippen molar-refractivity contribution in [3.8, 4) is 0 Å². The highest BCUT2D eigenvalue weighted by Crippen LogP contribution is 2.37. The van der Waals surface area contributed by atoms with Crippen molar-refractivity contribution in [3.05, 3.63) is 56.5 Å². The van der Waals surface area contributed by atoms with Crippen LogP contribution in [0.2, 0.25) is 0 Å². The molecular weight excluding hydrogens is 332 g/mol. The Labute approximate surface area is 133 Å². The second-order valence-electron chi connectivity index (χ2n) is 4.98. The number of rotatable bonds is 4. The van der Waals surface area contributed by atoms with Crippen molar-refractivity contribution in [1.82, 2.24) is 9.97 Å². The third-order valence-corrected chi connectivity index (χ3v) is 5.55. The fourth-order valence-electron chi connectivity index (χ4n) is 2.69. The van der Waals surface area contributed by atoms with E-state index in [0.29, 0.717) is 4.64 Å². The Morgan fingerprint density at radius 1 is 1.20 bits per heavy atom. The second-order valence-corrected chi connectivity index (χ2v) is 6.16.